The van der Waals surface area contributed by atoms with Crippen LogP contribution in [-0.4, -0.2) is 64.7 Å². The molecule has 1 fully saturated rings. The van der Waals surface area contributed by atoms with Crippen LogP contribution >= 0.6 is 34.9 Å². The molecule has 0 atom stereocenters. The predicted octanol–water partition coefficient (Wildman–Crippen LogP) is 3.22. The van der Waals surface area contributed by atoms with E-state index < -0.39 is 0 Å². The number of amides is 1. The summed E-state index contributed by atoms with van der Waals surface area (Å²) in [5.41, 5.74) is 1.10. The van der Waals surface area contributed by atoms with E-state index in [2.05, 4.69) is 13.8 Å². The molecule has 1 saturated heterocycles. The minimum Gasteiger partial charge on any atom is -0.378 e. The Labute approximate surface area is 171 Å². The number of nitrogens with zero attached hydrogens (tertiary/aromatic N) is 3. The maximum Gasteiger partial charge on any atom is 0.233 e. The monoisotopic (exact) mass is 425 g/mol. The third kappa shape index (κ3) is 4.12. The lowest BCUT2D eigenvalue weighted by Crippen LogP contribution is -2.41. The van der Waals surface area contributed by atoms with Crippen LogP contribution < -0.4 is 0 Å². The summed E-state index contributed by atoms with van der Waals surface area (Å²) in [7, 11) is 0. The summed E-state index contributed by atoms with van der Waals surface area (Å²) in [4.78, 5) is 26.2. The number of carbonyl (C=O) groups excluding carboxylic acids is 1. The highest BCUT2D eigenvalue weighted by molar-refractivity contribution is 8.00. The Morgan fingerprint density at radius 1 is 1.30 bits per heavy atom. The average Bonchev–Trinajstić information content (AvgIpc) is 3.03. The van der Waals surface area contributed by atoms with Gasteiger partial charge in [0.05, 0.1) is 31.2 Å². The van der Waals surface area contributed by atoms with E-state index in [0.29, 0.717) is 38.7 Å². The Morgan fingerprint density at radius 2 is 2.07 bits per heavy atom. The van der Waals surface area contributed by atoms with Gasteiger partial charge in [-0.05, 0) is 25.7 Å². The van der Waals surface area contributed by atoms with Crippen LogP contribution in [0.2, 0.25) is 0 Å². The molecule has 2 aromatic rings. The van der Waals surface area contributed by atoms with E-state index in [9.17, 15) is 4.79 Å². The first kappa shape index (κ1) is 19.4. The van der Waals surface area contributed by atoms with Crippen molar-refractivity contribution in [1.82, 2.24) is 14.9 Å². The van der Waals surface area contributed by atoms with Crippen molar-refractivity contribution in [3.8, 4) is 0 Å². The molecule has 27 heavy (non-hydrogen) atoms. The summed E-state index contributed by atoms with van der Waals surface area (Å²) < 4.78 is 11.3. The Bertz CT molecular complexity index is 862. The molecule has 0 N–H and O–H groups in total. The standard InChI is InChI=1S/C18H23N3O3S3/c1-18(2)8-11-12(9-24-18)27-16-14(11)15(19-17(20-16)25-3)26-10-13(22)21-4-6-23-7-5-21/h4-10H2,1-3H3. The number of hydrogen-bond acceptors (Lipinski definition) is 8. The normalized spacial score (nSPS) is 19.3. The molecule has 0 aliphatic carbocycles. The Balaban J connectivity index is 1.64. The summed E-state index contributed by atoms with van der Waals surface area (Å²) in [6.07, 6.45) is 2.82. The van der Waals surface area contributed by atoms with Crippen LogP contribution in [0.15, 0.2) is 10.2 Å². The van der Waals surface area contributed by atoms with Gasteiger partial charge in [-0.1, -0.05) is 23.5 Å². The molecular formula is C18H23N3O3S3. The van der Waals surface area contributed by atoms with Crippen LogP contribution in [0.1, 0.15) is 24.3 Å². The molecule has 0 bridgehead atoms. The first-order valence-electron chi connectivity index (χ1n) is 8.95. The molecule has 4 rings (SSSR count). The van der Waals surface area contributed by atoms with Crippen molar-refractivity contribution >= 4 is 51.0 Å². The van der Waals surface area contributed by atoms with Gasteiger partial charge in [-0.3, -0.25) is 4.79 Å². The Hall–Kier alpha value is -0.870. The summed E-state index contributed by atoms with van der Waals surface area (Å²) in [6, 6.07) is 0. The van der Waals surface area contributed by atoms with Crippen LogP contribution in [0.5, 0.6) is 0 Å². The fraction of sp³-hybridized carbons (Fsp3) is 0.611. The molecule has 0 radical (unpaired) electrons. The molecule has 6 nitrogen and oxygen atoms in total. The van der Waals surface area contributed by atoms with Crippen LogP contribution in [0.4, 0.5) is 0 Å². The fourth-order valence-electron chi connectivity index (χ4n) is 3.32. The van der Waals surface area contributed by atoms with Gasteiger partial charge >= 0.3 is 0 Å². The van der Waals surface area contributed by atoms with Gasteiger partial charge in [0, 0.05) is 29.8 Å². The van der Waals surface area contributed by atoms with E-state index in [4.69, 9.17) is 19.4 Å². The number of hydrogen-bond donors (Lipinski definition) is 0. The third-order valence-corrected chi connectivity index (χ3v) is 7.36. The van der Waals surface area contributed by atoms with Gasteiger partial charge in [0.25, 0.3) is 0 Å². The highest BCUT2D eigenvalue weighted by Crippen LogP contribution is 2.42. The van der Waals surface area contributed by atoms with Crippen molar-refractivity contribution < 1.29 is 14.3 Å². The average molecular weight is 426 g/mol. The van der Waals surface area contributed by atoms with Gasteiger partial charge in [0.2, 0.25) is 5.91 Å². The minimum absolute atomic E-state index is 0.147. The van der Waals surface area contributed by atoms with Gasteiger partial charge in [-0.25, -0.2) is 9.97 Å². The first-order chi connectivity index (χ1) is 13.0. The van der Waals surface area contributed by atoms with E-state index in [0.717, 1.165) is 26.8 Å². The fourth-order valence-corrected chi connectivity index (χ4v) is 5.93. The van der Waals surface area contributed by atoms with Crippen molar-refractivity contribution in [3.63, 3.8) is 0 Å². The minimum atomic E-state index is -0.190. The van der Waals surface area contributed by atoms with Gasteiger partial charge in [0.1, 0.15) is 9.86 Å². The molecule has 1 amide bonds. The van der Waals surface area contributed by atoms with E-state index in [1.54, 1.807) is 11.3 Å². The first-order valence-corrected chi connectivity index (χ1v) is 12.0. The molecule has 2 aliphatic rings. The van der Waals surface area contributed by atoms with Gasteiger partial charge in [0.15, 0.2) is 5.16 Å². The summed E-state index contributed by atoms with van der Waals surface area (Å²) in [6.45, 7) is 7.45. The molecule has 0 spiro atoms. The quantitative estimate of drug-likeness (QED) is 0.423. The Kier molecular flexibility index (Phi) is 5.67. The number of morpholine rings is 1. The Morgan fingerprint density at radius 3 is 2.81 bits per heavy atom. The number of aromatic nitrogens is 2. The number of ether oxygens (including phenoxy) is 2. The zero-order valence-electron chi connectivity index (χ0n) is 15.7. The largest absolute Gasteiger partial charge is 0.378 e. The van der Waals surface area contributed by atoms with Crippen LogP contribution in [0, 0.1) is 0 Å². The van der Waals surface area contributed by atoms with Crippen LogP contribution in [0.3, 0.4) is 0 Å². The molecule has 2 aliphatic heterocycles. The van der Waals surface area contributed by atoms with Gasteiger partial charge in [-0.2, -0.15) is 0 Å². The highest BCUT2D eigenvalue weighted by atomic mass is 32.2. The van der Waals surface area contributed by atoms with Crippen molar-refractivity contribution in [1.29, 1.82) is 0 Å². The lowest BCUT2D eigenvalue weighted by molar-refractivity contribution is -0.132. The van der Waals surface area contributed by atoms with Crippen molar-refractivity contribution in [2.75, 3.05) is 38.3 Å². The summed E-state index contributed by atoms with van der Waals surface area (Å²) in [5, 5.41) is 2.78. The molecule has 146 valence electrons. The maximum atomic E-state index is 12.6. The third-order valence-electron chi connectivity index (χ3n) is 4.76. The molecule has 9 heteroatoms. The maximum absolute atomic E-state index is 12.6. The molecule has 2 aromatic heterocycles. The van der Waals surface area contributed by atoms with E-state index in [-0.39, 0.29) is 11.5 Å². The van der Waals surface area contributed by atoms with Crippen LogP contribution in [-0.2, 0) is 27.3 Å². The van der Waals surface area contributed by atoms with Gasteiger partial charge in [-0.15, -0.1) is 11.3 Å². The lowest BCUT2D eigenvalue weighted by atomic mass is 9.95. The number of rotatable bonds is 4. The molecule has 0 aromatic carbocycles. The zero-order chi connectivity index (χ0) is 19.0. The molecule has 0 unspecified atom stereocenters. The second-order valence-corrected chi connectivity index (χ2v) is 10.0. The highest BCUT2D eigenvalue weighted by Gasteiger charge is 2.31. The summed E-state index contributed by atoms with van der Waals surface area (Å²) >= 11 is 4.75. The number of thioether (sulfide) groups is 2. The van der Waals surface area contributed by atoms with E-state index in [1.807, 2.05) is 11.2 Å². The topological polar surface area (TPSA) is 64.6 Å². The van der Waals surface area contributed by atoms with Crippen molar-refractivity contribution in [2.45, 2.75) is 42.7 Å². The number of thiophene rings is 1. The number of carbonyl (C=O) groups is 1. The van der Waals surface area contributed by atoms with E-state index >= 15 is 0 Å². The molecule has 0 saturated carbocycles. The SMILES string of the molecule is CSc1nc(SCC(=O)N2CCOCC2)c2c3c(sc2n1)COC(C)(C)C3. The predicted molar refractivity (Wildman–Crippen MR) is 110 cm³/mol. The molecular weight excluding hydrogens is 402 g/mol. The van der Waals surface area contributed by atoms with Gasteiger partial charge < -0.3 is 14.4 Å². The van der Waals surface area contributed by atoms with Crippen molar-refractivity contribution in [2.24, 2.45) is 0 Å². The van der Waals surface area contributed by atoms with Crippen LogP contribution in [0.25, 0.3) is 10.2 Å². The zero-order valence-corrected chi connectivity index (χ0v) is 18.2. The van der Waals surface area contributed by atoms with Crippen molar-refractivity contribution in [3.05, 3.63) is 10.4 Å². The summed E-state index contributed by atoms with van der Waals surface area (Å²) in [5.74, 6) is 0.540. The van der Waals surface area contributed by atoms with E-state index in [1.165, 1.54) is 34.0 Å². The number of fused-ring (bicyclic) bond motifs is 3. The molecule has 4 heterocycles. The second-order valence-electron chi connectivity index (χ2n) is 7.21. The second kappa shape index (κ2) is 7.87. The lowest BCUT2D eigenvalue weighted by Gasteiger charge is -2.30. The smallest absolute Gasteiger partial charge is 0.233 e.